The minimum absolute atomic E-state index is 0.0807. The number of amides is 1. The lowest BCUT2D eigenvalue weighted by atomic mass is 9.95. The van der Waals surface area contributed by atoms with Crippen LogP contribution in [0.2, 0.25) is 0 Å². The van der Waals surface area contributed by atoms with Crippen LogP contribution in [-0.2, 0) is 14.3 Å². The normalized spacial score (nSPS) is 18.4. The lowest BCUT2D eigenvalue weighted by Crippen LogP contribution is -2.31. The Morgan fingerprint density at radius 1 is 1.20 bits per heavy atom. The van der Waals surface area contributed by atoms with Crippen molar-refractivity contribution in [2.45, 2.75) is 46.3 Å². The number of aliphatic hydroxyl groups is 1. The van der Waals surface area contributed by atoms with Gasteiger partial charge in [-0.25, -0.2) is 0 Å². The molecule has 1 aliphatic rings. The zero-order valence-corrected chi connectivity index (χ0v) is 17.9. The number of nitrogens with zero attached hydrogens (tertiary/aromatic N) is 2. The highest BCUT2D eigenvalue weighted by Gasteiger charge is 2.46. The summed E-state index contributed by atoms with van der Waals surface area (Å²) in [6.45, 7) is 8.49. The van der Waals surface area contributed by atoms with Gasteiger partial charge in [-0.1, -0.05) is 23.8 Å². The third kappa shape index (κ3) is 4.44. The number of hydrogen-bond donors (Lipinski definition) is 1. The number of Topliss-reactive ketones (excluding diaryl/α,β-unsaturated/α-hetero) is 1. The number of benzene rings is 1. The number of aryl methyl sites for hydroxylation is 2. The SMILES string of the molecule is Cc1ccc(C)c(/C(O)=C2\C(=O)C(=O)N(CCCOC(C)C)C2c2ccccn2)c1. The molecule has 30 heavy (non-hydrogen) atoms. The Kier molecular flexibility index (Phi) is 6.67. The predicted molar refractivity (Wildman–Crippen MR) is 115 cm³/mol. The second-order valence-electron chi connectivity index (χ2n) is 7.84. The van der Waals surface area contributed by atoms with Crippen molar-refractivity contribution in [3.8, 4) is 0 Å². The summed E-state index contributed by atoms with van der Waals surface area (Å²) in [6, 6.07) is 10.3. The monoisotopic (exact) mass is 408 g/mol. The average molecular weight is 408 g/mol. The van der Waals surface area contributed by atoms with Gasteiger partial charge in [-0.3, -0.25) is 14.6 Å². The number of rotatable bonds is 7. The summed E-state index contributed by atoms with van der Waals surface area (Å²) in [5, 5.41) is 11.1. The van der Waals surface area contributed by atoms with Crippen molar-refractivity contribution in [2.24, 2.45) is 0 Å². The van der Waals surface area contributed by atoms with Crippen LogP contribution >= 0.6 is 0 Å². The van der Waals surface area contributed by atoms with Crippen molar-refractivity contribution in [1.29, 1.82) is 0 Å². The lowest BCUT2D eigenvalue weighted by molar-refractivity contribution is -0.140. The van der Waals surface area contributed by atoms with Gasteiger partial charge in [0.2, 0.25) is 0 Å². The maximum absolute atomic E-state index is 13.0. The van der Waals surface area contributed by atoms with E-state index in [4.69, 9.17) is 4.74 Å². The van der Waals surface area contributed by atoms with Gasteiger partial charge in [-0.15, -0.1) is 0 Å². The molecule has 1 N–H and O–H groups in total. The van der Waals surface area contributed by atoms with E-state index in [2.05, 4.69) is 4.98 Å². The van der Waals surface area contributed by atoms with Gasteiger partial charge in [-0.2, -0.15) is 0 Å². The number of likely N-dealkylation sites (tertiary alicyclic amines) is 1. The Morgan fingerprint density at radius 2 is 1.97 bits per heavy atom. The Morgan fingerprint density at radius 3 is 2.63 bits per heavy atom. The average Bonchev–Trinajstić information content (AvgIpc) is 2.97. The second kappa shape index (κ2) is 9.22. The Hall–Kier alpha value is -2.99. The zero-order valence-electron chi connectivity index (χ0n) is 17.9. The van der Waals surface area contributed by atoms with Crippen LogP contribution in [0.1, 0.15) is 48.7 Å². The van der Waals surface area contributed by atoms with Gasteiger partial charge < -0.3 is 14.7 Å². The van der Waals surface area contributed by atoms with Crippen molar-refractivity contribution in [1.82, 2.24) is 9.88 Å². The van der Waals surface area contributed by atoms with Crippen molar-refractivity contribution in [2.75, 3.05) is 13.2 Å². The van der Waals surface area contributed by atoms with Gasteiger partial charge in [0.25, 0.3) is 11.7 Å². The smallest absolute Gasteiger partial charge is 0.295 e. The van der Waals surface area contributed by atoms with E-state index in [-0.39, 0.29) is 17.4 Å². The van der Waals surface area contributed by atoms with Gasteiger partial charge >= 0.3 is 0 Å². The molecule has 3 rings (SSSR count). The maximum Gasteiger partial charge on any atom is 0.295 e. The molecule has 1 atom stereocenters. The Bertz CT molecular complexity index is 966. The highest BCUT2D eigenvalue weighted by molar-refractivity contribution is 6.46. The molecule has 6 heteroatoms. The summed E-state index contributed by atoms with van der Waals surface area (Å²) in [6.07, 6.45) is 2.30. The summed E-state index contributed by atoms with van der Waals surface area (Å²) < 4.78 is 5.58. The molecule has 158 valence electrons. The summed E-state index contributed by atoms with van der Waals surface area (Å²) >= 11 is 0. The van der Waals surface area contributed by atoms with Gasteiger partial charge in [0.05, 0.1) is 17.4 Å². The number of ketones is 1. The number of hydrogen-bond acceptors (Lipinski definition) is 5. The standard InChI is InChI=1S/C24H28N2O4/c1-15(2)30-13-7-12-26-21(19-8-5-6-11-25-19)20(23(28)24(26)29)22(27)18-14-16(3)9-10-17(18)4/h5-6,8-11,14-15,21,27H,7,12-13H2,1-4H3/b22-20+. The molecule has 0 bridgehead atoms. The number of aromatic nitrogens is 1. The Labute approximate surface area is 177 Å². The molecule has 0 radical (unpaired) electrons. The van der Waals surface area contributed by atoms with Crippen LogP contribution < -0.4 is 0 Å². The summed E-state index contributed by atoms with van der Waals surface area (Å²) in [5.41, 5.74) is 2.97. The molecule has 0 aliphatic carbocycles. The van der Waals surface area contributed by atoms with Gasteiger partial charge in [-0.05, 0) is 57.9 Å². The van der Waals surface area contributed by atoms with E-state index in [0.717, 1.165) is 11.1 Å². The number of carbonyl (C=O) groups is 2. The molecule has 0 spiro atoms. The fourth-order valence-electron chi connectivity index (χ4n) is 3.65. The molecule has 1 unspecified atom stereocenters. The molecule has 1 saturated heterocycles. The molecular weight excluding hydrogens is 380 g/mol. The molecule has 2 heterocycles. The van der Waals surface area contributed by atoms with Crippen molar-refractivity contribution >= 4 is 17.4 Å². The van der Waals surface area contributed by atoms with Crippen LogP contribution in [0.15, 0.2) is 48.2 Å². The molecule has 6 nitrogen and oxygen atoms in total. The topological polar surface area (TPSA) is 79.7 Å². The third-order valence-corrected chi connectivity index (χ3v) is 5.15. The first-order chi connectivity index (χ1) is 14.3. The van der Waals surface area contributed by atoms with E-state index in [1.807, 2.05) is 52.0 Å². The number of ether oxygens (including phenoxy) is 1. The van der Waals surface area contributed by atoms with Crippen LogP contribution in [0.5, 0.6) is 0 Å². The maximum atomic E-state index is 13.0. The van der Waals surface area contributed by atoms with Crippen molar-refractivity contribution in [3.63, 3.8) is 0 Å². The zero-order chi connectivity index (χ0) is 21.8. The summed E-state index contributed by atoms with van der Waals surface area (Å²) in [7, 11) is 0. The molecule has 1 fully saturated rings. The number of carbonyl (C=O) groups excluding carboxylic acids is 2. The quantitative estimate of drug-likeness (QED) is 0.325. The van der Waals surface area contributed by atoms with Crippen LogP contribution in [-0.4, -0.2) is 45.9 Å². The second-order valence-corrected chi connectivity index (χ2v) is 7.84. The molecular formula is C24H28N2O4. The first-order valence-corrected chi connectivity index (χ1v) is 10.2. The molecule has 1 aromatic carbocycles. The van der Waals surface area contributed by atoms with Crippen LogP contribution in [0.3, 0.4) is 0 Å². The number of pyridine rings is 1. The van der Waals surface area contributed by atoms with E-state index < -0.39 is 17.7 Å². The largest absolute Gasteiger partial charge is 0.507 e. The molecule has 1 aliphatic heterocycles. The third-order valence-electron chi connectivity index (χ3n) is 5.15. The Balaban J connectivity index is 2.05. The van der Waals surface area contributed by atoms with Gasteiger partial charge in [0, 0.05) is 24.9 Å². The van der Waals surface area contributed by atoms with Crippen molar-refractivity contribution < 1.29 is 19.4 Å². The molecule has 2 aromatic rings. The first kappa shape index (κ1) is 21.7. The predicted octanol–water partition coefficient (Wildman–Crippen LogP) is 3.94. The van der Waals surface area contributed by atoms with Crippen LogP contribution in [0.4, 0.5) is 0 Å². The van der Waals surface area contributed by atoms with Gasteiger partial charge in [0.1, 0.15) is 11.8 Å². The summed E-state index contributed by atoms with van der Waals surface area (Å²) in [4.78, 5) is 31.7. The van der Waals surface area contributed by atoms with Crippen molar-refractivity contribution in [3.05, 3.63) is 70.6 Å². The van der Waals surface area contributed by atoms with E-state index in [0.29, 0.717) is 30.8 Å². The lowest BCUT2D eigenvalue weighted by Gasteiger charge is -2.24. The summed E-state index contributed by atoms with van der Waals surface area (Å²) in [5.74, 6) is -1.47. The number of aliphatic hydroxyl groups excluding tert-OH is 1. The van der Waals surface area contributed by atoms with Gasteiger partial charge in [0.15, 0.2) is 0 Å². The molecule has 0 saturated carbocycles. The fourth-order valence-corrected chi connectivity index (χ4v) is 3.65. The van der Waals surface area contributed by atoms with Crippen LogP contribution in [0, 0.1) is 13.8 Å². The minimum Gasteiger partial charge on any atom is -0.507 e. The minimum atomic E-state index is -0.731. The highest BCUT2D eigenvalue weighted by Crippen LogP contribution is 2.39. The fraction of sp³-hybridized carbons (Fsp3) is 0.375. The van der Waals surface area contributed by atoms with Crippen LogP contribution in [0.25, 0.3) is 5.76 Å². The first-order valence-electron chi connectivity index (χ1n) is 10.2. The van der Waals surface area contributed by atoms with E-state index in [1.165, 1.54) is 4.90 Å². The molecule has 1 amide bonds. The highest BCUT2D eigenvalue weighted by atomic mass is 16.5. The van der Waals surface area contributed by atoms with E-state index >= 15 is 0 Å². The van der Waals surface area contributed by atoms with E-state index in [9.17, 15) is 14.7 Å². The molecule has 1 aromatic heterocycles. The van der Waals surface area contributed by atoms with E-state index in [1.54, 1.807) is 18.3 Å².